The van der Waals surface area contributed by atoms with Crippen LogP contribution < -0.4 is 20.5 Å². The van der Waals surface area contributed by atoms with Crippen molar-refractivity contribution in [2.45, 2.75) is 12.8 Å². The number of hydrogen-bond acceptors (Lipinski definition) is 5. The van der Waals surface area contributed by atoms with Gasteiger partial charge in [-0.15, -0.1) is 0 Å². The summed E-state index contributed by atoms with van der Waals surface area (Å²) in [5.41, 5.74) is 8.65. The number of aliphatic carboxylic acids is 1. The fourth-order valence-electron chi connectivity index (χ4n) is 3.47. The molecule has 7 nitrogen and oxygen atoms in total. The highest BCUT2D eigenvalue weighted by atomic mass is 16.5. The topological polar surface area (TPSA) is 111 Å². The van der Waals surface area contributed by atoms with Gasteiger partial charge in [-0.25, -0.2) is 0 Å². The molecule has 0 saturated heterocycles. The minimum Gasteiger partial charge on any atom is -0.495 e. The van der Waals surface area contributed by atoms with E-state index in [0.717, 1.165) is 11.1 Å². The van der Waals surface area contributed by atoms with Crippen LogP contribution in [0, 0.1) is 11.8 Å². The molecule has 1 aliphatic carbocycles. The van der Waals surface area contributed by atoms with Crippen molar-refractivity contribution in [3.63, 3.8) is 0 Å². The number of allylic oxidation sites excluding steroid dienone is 2. The first kappa shape index (κ1) is 20.3. The van der Waals surface area contributed by atoms with Gasteiger partial charge in [0.15, 0.2) is 0 Å². The summed E-state index contributed by atoms with van der Waals surface area (Å²) in [4.78, 5) is 24.2. The summed E-state index contributed by atoms with van der Waals surface area (Å²) < 4.78 is 10.7. The molecule has 1 amide bonds. The molecule has 0 heterocycles. The highest BCUT2D eigenvalue weighted by molar-refractivity contribution is 5.97. The minimum absolute atomic E-state index is 0.332. The van der Waals surface area contributed by atoms with Crippen molar-refractivity contribution in [1.29, 1.82) is 0 Å². The van der Waals surface area contributed by atoms with E-state index in [2.05, 4.69) is 5.32 Å². The van der Waals surface area contributed by atoms with Crippen LogP contribution in [0.5, 0.6) is 11.5 Å². The first-order valence-electron chi connectivity index (χ1n) is 9.25. The smallest absolute Gasteiger partial charge is 0.307 e. The molecule has 0 radical (unpaired) electrons. The molecule has 0 aliphatic heterocycles. The monoisotopic (exact) mass is 396 g/mol. The van der Waals surface area contributed by atoms with Gasteiger partial charge in [-0.05, 0) is 48.2 Å². The van der Waals surface area contributed by atoms with Crippen molar-refractivity contribution < 1.29 is 24.2 Å². The summed E-state index contributed by atoms with van der Waals surface area (Å²) in [5.74, 6) is -1.60. The van der Waals surface area contributed by atoms with Crippen LogP contribution in [0.2, 0.25) is 0 Å². The number of benzene rings is 2. The van der Waals surface area contributed by atoms with Crippen molar-refractivity contribution in [2.24, 2.45) is 11.8 Å². The maximum absolute atomic E-state index is 12.7. The van der Waals surface area contributed by atoms with Crippen molar-refractivity contribution in [2.75, 3.05) is 25.3 Å². The lowest BCUT2D eigenvalue weighted by molar-refractivity contribution is -0.146. The molecular weight excluding hydrogens is 372 g/mol. The van der Waals surface area contributed by atoms with E-state index in [1.165, 1.54) is 7.11 Å². The van der Waals surface area contributed by atoms with E-state index in [-0.39, 0.29) is 5.91 Å². The Hall–Kier alpha value is -3.48. The van der Waals surface area contributed by atoms with E-state index in [1.807, 2.05) is 24.3 Å². The largest absolute Gasteiger partial charge is 0.495 e. The Morgan fingerprint density at radius 3 is 2.17 bits per heavy atom. The number of ether oxygens (including phenoxy) is 2. The molecule has 0 spiro atoms. The highest BCUT2D eigenvalue weighted by Gasteiger charge is 2.34. The van der Waals surface area contributed by atoms with Crippen LogP contribution in [0.25, 0.3) is 11.1 Å². The SMILES string of the molecule is COc1cc(-c2ccc(NC(=O)C3CC=CCC3C(=O)O)c(OC)c2)ccc1N. The Kier molecular flexibility index (Phi) is 6.07. The molecule has 7 heteroatoms. The Morgan fingerprint density at radius 2 is 1.55 bits per heavy atom. The predicted octanol–water partition coefficient (Wildman–Crippen LogP) is 3.56. The molecule has 0 aromatic heterocycles. The number of nitrogen functional groups attached to an aromatic ring is 1. The minimum atomic E-state index is -0.964. The molecule has 2 aromatic carbocycles. The molecule has 1 aliphatic rings. The lowest BCUT2D eigenvalue weighted by atomic mass is 9.82. The number of methoxy groups -OCH3 is 2. The van der Waals surface area contributed by atoms with Gasteiger partial charge in [-0.3, -0.25) is 9.59 Å². The summed E-state index contributed by atoms with van der Waals surface area (Å²) in [6, 6.07) is 10.8. The molecule has 2 atom stereocenters. The van der Waals surface area contributed by atoms with Crippen molar-refractivity contribution in [3.05, 3.63) is 48.6 Å². The van der Waals surface area contributed by atoms with Crippen LogP contribution in [0.1, 0.15) is 12.8 Å². The van der Waals surface area contributed by atoms with Crippen LogP contribution in [0.15, 0.2) is 48.6 Å². The Balaban J connectivity index is 1.85. The summed E-state index contributed by atoms with van der Waals surface area (Å²) in [7, 11) is 3.07. The van der Waals surface area contributed by atoms with Crippen molar-refractivity contribution in [1.82, 2.24) is 0 Å². The Morgan fingerprint density at radius 1 is 0.966 bits per heavy atom. The zero-order chi connectivity index (χ0) is 21.0. The van der Waals surface area contributed by atoms with E-state index < -0.39 is 17.8 Å². The van der Waals surface area contributed by atoms with Crippen LogP contribution in [0.4, 0.5) is 11.4 Å². The third-order valence-electron chi connectivity index (χ3n) is 5.11. The van der Waals surface area contributed by atoms with Gasteiger partial charge in [-0.1, -0.05) is 24.3 Å². The van der Waals surface area contributed by atoms with Crippen LogP contribution >= 0.6 is 0 Å². The van der Waals surface area contributed by atoms with Crippen molar-refractivity contribution in [3.8, 4) is 22.6 Å². The fraction of sp³-hybridized carbons (Fsp3) is 0.273. The number of carboxylic acid groups (broad SMARTS) is 1. The van der Waals surface area contributed by atoms with Crippen molar-refractivity contribution >= 4 is 23.3 Å². The first-order valence-corrected chi connectivity index (χ1v) is 9.25. The van der Waals surface area contributed by atoms with Gasteiger partial charge in [0.2, 0.25) is 5.91 Å². The first-order chi connectivity index (χ1) is 13.9. The van der Waals surface area contributed by atoms with E-state index in [4.69, 9.17) is 15.2 Å². The number of anilines is 2. The molecular formula is C22H24N2O5. The normalized spacial score (nSPS) is 18.1. The predicted molar refractivity (Wildman–Crippen MR) is 111 cm³/mol. The molecule has 2 unspecified atom stereocenters. The summed E-state index contributed by atoms with van der Waals surface area (Å²) in [6.07, 6.45) is 4.40. The summed E-state index contributed by atoms with van der Waals surface area (Å²) in [6.45, 7) is 0. The van der Waals surface area contributed by atoms with Gasteiger partial charge >= 0.3 is 5.97 Å². The number of carbonyl (C=O) groups excluding carboxylic acids is 1. The summed E-state index contributed by atoms with van der Waals surface area (Å²) >= 11 is 0. The maximum atomic E-state index is 12.7. The number of carboxylic acids is 1. The average Bonchev–Trinajstić information content (AvgIpc) is 2.74. The van der Waals surface area contributed by atoms with Gasteiger partial charge in [0, 0.05) is 0 Å². The Bertz CT molecular complexity index is 954. The second-order valence-electron chi connectivity index (χ2n) is 6.86. The van der Waals surface area contributed by atoms with Crippen LogP contribution in [-0.2, 0) is 9.59 Å². The quantitative estimate of drug-likeness (QED) is 0.509. The second-order valence-corrected chi connectivity index (χ2v) is 6.86. The number of hydrogen-bond donors (Lipinski definition) is 3. The Labute approximate surface area is 169 Å². The van der Waals surface area contributed by atoms with E-state index in [0.29, 0.717) is 35.7 Å². The molecule has 4 N–H and O–H groups in total. The number of rotatable bonds is 6. The van der Waals surface area contributed by atoms with Gasteiger partial charge < -0.3 is 25.6 Å². The van der Waals surface area contributed by atoms with E-state index in [9.17, 15) is 14.7 Å². The highest BCUT2D eigenvalue weighted by Crippen LogP contribution is 2.35. The third kappa shape index (κ3) is 4.34. The number of carbonyl (C=O) groups is 2. The molecule has 152 valence electrons. The molecule has 0 saturated carbocycles. The number of nitrogens with two attached hydrogens (primary N) is 1. The van der Waals surface area contributed by atoms with Gasteiger partial charge in [0.1, 0.15) is 11.5 Å². The molecule has 2 aromatic rings. The zero-order valence-corrected chi connectivity index (χ0v) is 16.3. The van der Waals surface area contributed by atoms with Gasteiger partial charge in [0.05, 0.1) is 37.4 Å². The summed E-state index contributed by atoms with van der Waals surface area (Å²) in [5, 5.41) is 12.2. The van der Waals surface area contributed by atoms with E-state index in [1.54, 1.807) is 31.4 Å². The molecule has 0 fully saturated rings. The van der Waals surface area contributed by atoms with Crippen LogP contribution in [0.3, 0.4) is 0 Å². The van der Waals surface area contributed by atoms with Crippen LogP contribution in [-0.4, -0.2) is 31.2 Å². The number of nitrogens with one attached hydrogen (secondary N) is 1. The molecule has 3 rings (SSSR count). The lowest BCUT2D eigenvalue weighted by Gasteiger charge is -2.24. The second kappa shape index (κ2) is 8.68. The zero-order valence-electron chi connectivity index (χ0n) is 16.3. The lowest BCUT2D eigenvalue weighted by Crippen LogP contribution is -2.34. The number of amides is 1. The van der Waals surface area contributed by atoms with E-state index >= 15 is 0 Å². The molecule has 0 bridgehead atoms. The van der Waals surface area contributed by atoms with Gasteiger partial charge in [-0.2, -0.15) is 0 Å². The fourth-order valence-corrected chi connectivity index (χ4v) is 3.47. The third-order valence-corrected chi connectivity index (χ3v) is 5.11. The average molecular weight is 396 g/mol. The maximum Gasteiger partial charge on any atom is 0.307 e. The standard InChI is InChI=1S/C22H24N2O5/c1-28-19-11-13(7-9-17(19)23)14-8-10-18(20(12-14)29-2)24-21(25)15-5-3-4-6-16(15)22(26)27/h3-4,7-12,15-16H,5-6,23H2,1-2H3,(H,24,25)(H,26,27). The van der Waals surface area contributed by atoms with Gasteiger partial charge in [0.25, 0.3) is 0 Å². The molecule has 29 heavy (non-hydrogen) atoms.